The van der Waals surface area contributed by atoms with Crippen LogP contribution in [0, 0.1) is 0 Å². The molecule has 0 saturated heterocycles. The van der Waals surface area contributed by atoms with Crippen molar-refractivity contribution in [3.8, 4) is 0 Å². The molecule has 1 aliphatic heterocycles. The van der Waals surface area contributed by atoms with Crippen molar-refractivity contribution in [2.24, 2.45) is 0 Å². The smallest absolute Gasteiger partial charge is 0.0623 e. The third-order valence-electron chi connectivity index (χ3n) is 1.66. The number of hydrogen-bond donors (Lipinski definition) is 1. The summed E-state index contributed by atoms with van der Waals surface area (Å²) in [4.78, 5) is 0. The number of nitrogens with one attached hydrogen (secondary N) is 1. The first-order valence-corrected chi connectivity index (χ1v) is 3.20. The van der Waals surface area contributed by atoms with Crippen molar-refractivity contribution in [2.45, 2.75) is 6.42 Å². The predicted molar refractivity (Wildman–Crippen MR) is 38.6 cm³/mol. The molecular weight excluding hydrogens is 110 g/mol. The van der Waals surface area contributed by atoms with E-state index in [4.69, 9.17) is 1.37 Å². The lowest BCUT2D eigenvalue weighted by Gasteiger charge is -1.94. The Hall–Kier alpha value is -0.980. The van der Waals surface area contributed by atoms with Crippen molar-refractivity contribution >= 4 is 5.69 Å². The molecule has 0 saturated carbocycles. The van der Waals surface area contributed by atoms with E-state index in [9.17, 15) is 0 Å². The lowest BCUT2D eigenvalue weighted by Crippen LogP contribution is -1.90. The van der Waals surface area contributed by atoms with Crippen LogP contribution in [0.15, 0.2) is 24.2 Å². The molecule has 0 radical (unpaired) electrons. The molecule has 0 unspecified atom stereocenters. The molecule has 0 amide bonds. The zero-order valence-electron chi connectivity index (χ0n) is 6.15. The molecule has 0 bridgehead atoms. The monoisotopic (exact) mass is 120 g/mol. The number of benzene rings is 1. The summed E-state index contributed by atoms with van der Waals surface area (Å²) in [5, 5.41) is 3.24. The van der Waals surface area contributed by atoms with Crippen molar-refractivity contribution in [3.05, 3.63) is 29.8 Å². The van der Waals surface area contributed by atoms with Gasteiger partial charge in [0.1, 0.15) is 0 Å². The van der Waals surface area contributed by atoms with Gasteiger partial charge < -0.3 is 5.32 Å². The van der Waals surface area contributed by atoms with E-state index in [1.54, 1.807) is 0 Å². The Morgan fingerprint density at radius 1 is 1.56 bits per heavy atom. The van der Waals surface area contributed by atoms with E-state index in [2.05, 4.69) is 5.32 Å². The van der Waals surface area contributed by atoms with Crippen LogP contribution in [0.5, 0.6) is 0 Å². The minimum atomic E-state index is 0.613. The Morgan fingerprint density at radius 3 is 3.56 bits per heavy atom. The van der Waals surface area contributed by atoms with Gasteiger partial charge in [-0.05, 0) is 18.1 Å². The SMILES string of the molecule is [2H]c1ccc2c(c1)CCN2. The molecule has 1 heteroatoms. The van der Waals surface area contributed by atoms with Crippen LogP contribution in [-0.4, -0.2) is 6.54 Å². The fourth-order valence-electron chi connectivity index (χ4n) is 1.18. The standard InChI is InChI=1S/C8H9N/c1-2-4-8-7(3-1)5-6-9-8/h1-4,9H,5-6H2/i1D. The summed E-state index contributed by atoms with van der Waals surface area (Å²) in [5.41, 5.74) is 2.49. The van der Waals surface area contributed by atoms with Gasteiger partial charge >= 0.3 is 0 Å². The number of anilines is 1. The summed E-state index contributed by atoms with van der Waals surface area (Å²) < 4.78 is 7.34. The topological polar surface area (TPSA) is 12.0 Å². The molecule has 0 atom stereocenters. The van der Waals surface area contributed by atoms with E-state index in [-0.39, 0.29) is 0 Å². The summed E-state index contributed by atoms with van der Waals surface area (Å²) in [5.74, 6) is 0. The molecule has 2 rings (SSSR count). The Bertz CT molecular complexity index is 257. The average Bonchev–Trinajstić information content (AvgIpc) is 2.33. The van der Waals surface area contributed by atoms with Gasteiger partial charge in [0.15, 0.2) is 0 Å². The van der Waals surface area contributed by atoms with Crippen molar-refractivity contribution in [1.29, 1.82) is 0 Å². The summed E-state index contributed by atoms with van der Waals surface area (Å²) in [6.45, 7) is 1.03. The van der Waals surface area contributed by atoms with E-state index in [0.717, 1.165) is 13.0 Å². The summed E-state index contributed by atoms with van der Waals surface area (Å²) >= 11 is 0. The van der Waals surface area contributed by atoms with Gasteiger partial charge in [0.25, 0.3) is 0 Å². The summed E-state index contributed by atoms with van der Waals surface area (Å²) in [7, 11) is 0. The lowest BCUT2D eigenvalue weighted by molar-refractivity contribution is 1.11. The molecule has 0 fully saturated rings. The Balaban J connectivity index is 2.52. The minimum absolute atomic E-state index is 0.613. The van der Waals surface area contributed by atoms with Gasteiger partial charge in [0.2, 0.25) is 0 Å². The average molecular weight is 120 g/mol. The van der Waals surface area contributed by atoms with Crippen molar-refractivity contribution in [3.63, 3.8) is 0 Å². The van der Waals surface area contributed by atoms with Crippen LogP contribution in [-0.2, 0) is 6.42 Å². The maximum Gasteiger partial charge on any atom is 0.0623 e. The molecule has 1 nitrogen and oxygen atoms in total. The molecule has 1 aliphatic rings. The van der Waals surface area contributed by atoms with Crippen molar-refractivity contribution < 1.29 is 1.37 Å². The van der Waals surface area contributed by atoms with E-state index < -0.39 is 0 Å². The van der Waals surface area contributed by atoms with Gasteiger partial charge in [-0.15, -0.1) is 0 Å². The van der Waals surface area contributed by atoms with Crippen molar-refractivity contribution in [1.82, 2.24) is 0 Å². The Labute approximate surface area is 56.1 Å². The Morgan fingerprint density at radius 2 is 2.56 bits per heavy atom. The van der Waals surface area contributed by atoms with Crippen LogP contribution in [0.2, 0.25) is 0 Å². The molecule has 1 aromatic rings. The van der Waals surface area contributed by atoms with Crippen LogP contribution < -0.4 is 5.32 Å². The third kappa shape index (κ3) is 0.689. The normalized spacial score (nSPS) is 16.2. The highest BCUT2D eigenvalue weighted by Crippen LogP contribution is 2.19. The zero-order valence-corrected chi connectivity index (χ0v) is 5.15. The van der Waals surface area contributed by atoms with E-state index in [0.29, 0.717) is 6.04 Å². The first-order valence-electron chi connectivity index (χ1n) is 3.70. The van der Waals surface area contributed by atoms with Gasteiger partial charge in [-0.3, -0.25) is 0 Å². The van der Waals surface area contributed by atoms with E-state index in [1.807, 2.05) is 18.2 Å². The molecule has 1 N–H and O–H groups in total. The third-order valence-corrected chi connectivity index (χ3v) is 1.66. The first kappa shape index (κ1) is 3.94. The molecule has 1 aromatic carbocycles. The van der Waals surface area contributed by atoms with Crippen molar-refractivity contribution in [2.75, 3.05) is 11.9 Å². The number of fused-ring (bicyclic) bond motifs is 1. The van der Waals surface area contributed by atoms with Gasteiger partial charge in [-0.25, -0.2) is 0 Å². The van der Waals surface area contributed by atoms with Gasteiger partial charge in [-0.1, -0.05) is 18.2 Å². The molecule has 9 heavy (non-hydrogen) atoms. The Kier molecular flexibility index (Phi) is 0.770. The van der Waals surface area contributed by atoms with Crippen LogP contribution in [0.1, 0.15) is 6.93 Å². The summed E-state index contributed by atoms with van der Waals surface area (Å²) in [6, 6.07) is 6.33. The zero-order chi connectivity index (χ0) is 6.97. The number of rotatable bonds is 0. The molecule has 1 heterocycles. The first-order chi connectivity index (χ1) is 4.86. The number of hydrogen-bond acceptors (Lipinski definition) is 1. The molecule has 0 aromatic heterocycles. The minimum Gasteiger partial charge on any atom is -0.384 e. The van der Waals surface area contributed by atoms with Gasteiger partial charge in [0.05, 0.1) is 1.37 Å². The predicted octanol–water partition coefficient (Wildman–Crippen LogP) is 1.65. The van der Waals surface area contributed by atoms with Gasteiger partial charge in [-0.2, -0.15) is 0 Å². The van der Waals surface area contributed by atoms with Crippen LogP contribution >= 0.6 is 0 Å². The highest BCUT2D eigenvalue weighted by Gasteiger charge is 2.05. The van der Waals surface area contributed by atoms with Crippen LogP contribution in [0.3, 0.4) is 0 Å². The highest BCUT2D eigenvalue weighted by atomic mass is 14.9. The van der Waals surface area contributed by atoms with E-state index >= 15 is 0 Å². The second kappa shape index (κ2) is 1.76. The second-order valence-corrected chi connectivity index (χ2v) is 2.26. The maximum atomic E-state index is 7.34. The molecule has 0 spiro atoms. The fourth-order valence-corrected chi connectivity index (χ4v) is 1.18. The molecular formula is C8H9N. The fraction of sp³-hybridized carbons (Fsp3) is 0.250. The molecule has 46 valence electrons. The van der Waals surface area contributed by atoms with E-state index in [1.165, 1.54) is 11.3 Å². The lowest BCUT2D eigenvalue weighted by atomic mass is 10.2. The molecule has 0 aliphatic carbocycles. The van der Waals surface area contributed by atoms with Crippen LogP contribution in [0.25, 0.3) is 0 Å². The second-order valence-electron chi connectivity index (χ2n) is 2.26. The van der Waals surface area contributed by atoms with Crippen LogP contribution in [0.4, 0.5) is 5.69 Å². The number of para-hydroxylation sites is 1. The summed E-state index contributed by atoms with van der Waals surface area (Å²) in [6.07, 6.45) is 1.07. The largest absolute Gasteiger partial charge is 0.384 e. The van der Waals surface area contributed by atoms with Gasteiger partial charge in [0, 0.05) is 12.2 Å². The highest BCUT2D eigenvalue weighted by molar-refractivity contribution is 5.54. The quantitative estimate of drug-likeness (QED) is 0.549. The maximum absolute atomic E-state index is 7.34.